The molecule has 0 saturated heterocycles. The molecule has 0 atom stereocenters. The van der Waals surface area contributed by atoms with Gasteiger partial charge in [0.15, 0.2) is 0 Å². The molecule has 1 saturated carbocycles. The van der Waals surface area contributed by atoms with Gasteiger partial charge in [0.2, 0.25) is 0 Å². The van der Waals surface area contributed by atoms with Gasteiger partial charge in [-0.25, -0.2) is 0 Å². The molecule has 0 aromatic rings. The van der Waals surface area contributed by atoms with Crippen LogP contribution < -0.4 is 5.73 Å². The zero-order chi connectivity index (χ0) is 8.10. The molecule has 63 valence electrons. The summed E-state index contributed by atoms with van der Waals surface area (Å²) in [5.74, 6) is 1.01. The van der Waals surface area contributed by atoms with Crippen molar-refractivity contribution in [2.75, 3.05) is 6.54 Å². The van der Waals surface area contributed by atoms with E-state index in [1.54, 1.807) is 0 Å². The Morgan fingerprint density at radius 1 is 1.45 bits per heavy atom. The van der Waals surface area contributed by atoms with Crippen LogP contribution >= 0.6 is 0 Å². The highest BCUT2D eigenvalue weighted by Gasteiger charge is 2.16. The molecule has 0 aromatic heterocycles. The average Bonchev–Trinajstić information content (AvgIpc) is 1.94. The second-order valence-corrected chi connectivity index (χ2v) is 3.40. The predicted octanol–water partition coefficient (Wildman–Crippen LogP) is 1.81. The van der Waals surface area contributed by atoms with Crippen LogP contribution in [-0.2, 0) is 4.79 Å². The van der Waals surface area contributed by atoms with E-state index in [0.717, 1.165) is 12.3 Å². The molecule has 2 nitrogen and oxygen atoms in total. The summed E-state index contributed by atoms with van der Waals surface area (Å²) in [6.45, 7) is -0.0231. The van der Waals surface area contributed by atoms with Crippen LogP contribution in [0, 0.1) is 5.92 Å². The molecule has 1 N–H and O–H groups in total. The maximum Gasteiger partial charge on any atom is 0.148 e. The van der Waals surface area contributed by atoms with E-state index >= 15 is 0 Å². The van der Waals surface area contributed by atoms with Gasteiger partial charge >= 0.3 is 0 Å². The summed E-state index contributed by atoms with van der Waals surface area (Å²) in [6.07, 6.45) is 7.00. The van der Waals surface area contributed by atoms with E-state index in [2.05, 4.69) is 0 Å². The minimum Gasteiger partial charge on any atom is -0.298 e. The van der Waals surface area contributed by atoms with Crippen molar-refractivity contribution in [3.63, 3.8) is 0 Å². The zero-order valence-corrected chi connectivity index (χ0v) is 6.94. The molecule has 0 aromatic carbocycles. The minimum atomic E-state index is -0.0231. The molecule has 0 bridgehead atoms. The van der Waals surface area contributed by atoms with Crippen molar-refractivity contribution in [1.82, 2.24) is 5.73 Å². The van der Waals surface area contributed by atoms with Crippen LogP contribution in [0.4, 0.5) is 0 Å². The third-order valence-corrected chi connectivity index (χ3v) is 2.49. The van der Waals surface area contributed by atoms with Gasteiger partial charge in [-0.05, 0) is 12.3 Å². The molecule has 1 radical (unpaired) electrons. The molecule has 0 heterocycles. The van der Waals surface area contributed by atoms with Gasteiger partial charge in [-0.2, -0.15) is 0 Å². The van der Waals surface area contributed by atoms with Crippen LogP contribution in [0.15, 0.2) is 0 Å². The van der Waals surface area contributed by atoms with Gasteiger partial charge in [0, 0.05) is 6.42 Å². The third-order valence-electron chi connectivity index (χ3n) is 2.49. The van der Waals surface area contributed by atoms with Crippen LogP contribution in [-0.4, -0.2) is 12.3 Å². The summed E-state index contributed by atoms with van der Waals surface area (Å²) in [7, 11) is 0. The predicted molar refractivity (Wildman–Crippen MR) is 44.2 cm³/mol. The van der Waals surface area contributed by atoms with E-state index in [1.807, 2.05) is 0 Å². The van der Waals surface area contributed by atoms with E-state index in [1.165, 1.54) is 25.7 Å². The van der Waals surface area contributed by atoms with Crippen LogP contribution in [0.25, 0.3) is 0 Å². The van der Waals surface area contributed by atoms with Gasteiger partial charge in [0.1, 0.15) is 5.78 Å². The number of nitrogens with one attached hydrogen (secondary N) is 1. The Morgan fingerprint density at radius 2 is 2.18 bits per heavy atom. The molecule has 11 heavy (non-hydrogen) atoms. The van der Waals surface area contributed by atoms with Crippen LogP contribution in [0.5, 0.6) is 0 Å². The van der Waals surface area contributed by atoms with Crippen molar-refractivity contribution in [2.24, 2.45) is 5.92 Å². The highest BCUT2D eigenvalue weighted by atomic mass is 16.1. The van der Waals surface area contributed by atoms with Crippen LogP contribution in [0.3, 0.4) is 0 Å². The maximum atomic E-state index is 10.7. The van der Waals surface area contributed by atoms with Crippen LogP contribution in [0.1, 0.15) is 38.5 Å². The first-order valence-electron chi connectivity index (χ1n) is 4.49. The molecule has 0 unspecified atom stereocenters. The molecule has 1 fully saturated rings. The lowest BCUT2D eigenvalue weighted by Gasteiger charge is -2.24. The van der Waals surface area contributed by atoms with Crippen molar-refractivity contribution in [3.8, 4) is 0 Å². The number of carbonyl (C=O) groups excluding carboxylic acids is 1. The minimum absolute atomic E-state index is 0.0231. The molecule has 1 aliphatic carbocycles. The Bertz CT molecular complexity index is 130. The number of carbonyl (C=O) groups is 1. The number of Topliss-reactive ketones (excluding diaryl/α,β-unsaturated/α-hetero) is 1. The van der Waals surface area contributed by atoms with Crippen molar-refractivity contribution in [3.05, 3.63) is 0 Å². The Kier molecular flexibility index (Phi) is 3.57. The summed E-state index contributed by atoms with van der Waals surface area (Å²) in [4.78, 5) is 10.7. The van der Waals surface area contributed by atoms with Crippen molar-refractivity contribution < 1.29 is 4.79 Å². The van der Waals surface area contributed by atoms with E-state index in [-0.39, 0.29) is 12.3 Å². The lowest BCUT2D eigenvalue weighted by molar-refractivity contribution is -0.118. The summed E-state index contributed by atoms with van der Waals surface area (Å²) < 4.78 is 0. The topological polar surface area (TPSA) is 40.9 Å². The van der Waals surface area contributed by atoms with E-state index < -0.39 is 0 Å². The lowest BCUT2D eigenvalue weighted by Crippen LogP contribution is -2.12. The smallest absolute Gasteiger partial charge is 0.148 e. The SMILES string of the molecule is [NH]CC(=O)CCCC1CCC1. The molecular weight excluding hydrogens is 138 g/mol. The fourth-order valence-electron chi connectivity index (χ4n) is 1.46. The Labute approximate surface area is 68.2 Å². The van der Waals surface area contributed by atoms with Gasteiger partial charge in [0.05, 0.1) is 6.54 Å². The Balaban J connectivity index is 1.90. The second kappa shape index (κ2) is 4.50. The quantitative estimate of drug-likeness (QED) is 0.595. The molecule has 0 aliphatic heterocycles. The largest absolute Gasteiger partial charge is 0.298 e. The Morgan fingerprint density at radius 3 is 2.64 bits per heavy atom. The summed E-state index contributed by atoms with van der Waals surface area (Å²) >= 11 is 0. The van der Waals surface area contributed by atoms with Crippen molar-refractivity contribution in [2.45, 2.75) is 38.5 Å². The van der Waals surface area contributed by atoms with E-state index in [9.17, 15) is 4.79 Å². The van der Waals surface area contributed by atoms with Gasteiger partial charge < -0.3 is 0 Å². The first-order chi connectivity index (χ1) is 5.33. The summed E-state index contributed by atoms with van der Waals surface area (Å²) in [6, 6.07) is 0. The molecule has 0 spiro atoms. The van der Waals surface area contributed by atoms with Gasteiger partial charge in [-0.1, -0.05) is 25.7 Å². The molecule has 0 amide bonds. The summed E-state index contributed by atoms with van der Waals surface area (Å²) in [5.41, 5.74) is 6.80. The molecule has 2 heteroatoms. The third kappa shape index (κ3) is 3.02. The summed E-state index contributed by atoms with van der Waals surface area (Å²) in [5, 5.41) is 0. The molecule has 1 rings (SSSR count). The second-order valence-electron chi connectivity index (χ2n) is 3.40. The highest BCUT2D eigenvalue weighted by molar-refractivity contribution is 5.79. The standard InChI is InChI=1S/C9H16NO/c10-7-9(11)6-2-5-8-3-1-4-8/h8,10H,1-7H2. The maximum absolute atomic E-state index is 10.7. The van der Waals surface area contributed by atoms with Crippen molar-refractivity contribution in [1.29, 1.82) is 0 Å². The Hall–Kier alpha value is -0.370. The number of rotatable bonds is 5. The van der Waals surface area contributed by atoms with Crippen molar-refractivity contribution >= 4 is 5.78 Å². The fourth-order valence-corrected chi connectivity index (χ4v) is 1.46. The normalized spacial score (nSPS) is 17.9. The first-order valence-corrected chi connectivity index (χ1v) is 4.49. The number of ketones is 1. The fraction of sp³-hybridized carbons (Fsp3) is 0.889. The van der Waals surface area contributed by atoms with Gasteiger partial charge in [0.25, 0.3) is 0 Å². The van der Waals surface area contributed by atoms with Gasteiger partial charge in [-0.3, -0.25) is 10.5 Å². The highest BCUT2D eigenvalue weighted by Crippen LogP contribution is 2.30. The molecule has 1 aliphatic rings. The first kappa shape index (κ1) is 8.72. The number of hydrogen-bond acceptors (Lipinski definition) is 1. The van der Waals surface area contributed by atoms with E-state index in [4.69, 9.17) is 5.73 Å². The molecular formula is C9H16NO. The zero-order valence-electron chi connectivity index (χ0n) is 6.94. The van der Waals surface area contributed by atoms with Crippen LogP contribution in [0.2, 0.25) is 0 Å². The monoisotopic (exact) mass is 154 g/mol. The number of hydrogen-bond donors (Lipinski definition) is 0. The van der Waals surface area contributed by atoms with E-state index in [0.29, 0.717) is 6.42 Å². The van der Waals surface area contributed by atoms with Gasteiger partial charge in [-0.15, -0.1) is 0 Å². The average molecular weight is 154 g/mol. The lowest BCUT2D eigenvalue weighted by atomic mass is 9.82.